The quantitative estimate of drug-likeness (QED) is 0.659. The molecule has 0 radical (unpaired) electrons. The summed E-state index contributed by atoms with van der Waals surface area (Å²) in [6, 6.07) is 1.56. The molecule has 0 saturated carbocycles. The lowest BCUT2D eigenvalue weighted by Crippen LogP contribution is -2.38. The van der Waals surface area contributed by atoms with Crippen molar-refractivity contribution >= 4 is 11.8 Å². The second-order valence-corrected chi connectivity index (χ2v) is 4.81. The van der Waals surface area contributed by atoms with Crippen LogP contribution in [-0.2, 0) is 4.79 Å². The standard InChI is InChI=1S/C15H20N4O2/c1-11(2)8-18-14(20)10-19-15(21)13-5-7-17-9-12(13)4-3-6-16/h5,7,9,11H,6,8,10,16H2,1-2H3,(H,18,20)(H,19,21). The molecule has 6 nitrogen and oxygen atoms in total. The van der Waals surface area contributed by atoms with E-state index in [2.05, 4.69) is 27.5 Å². The van der Waals surface area contributed by atoms with Gasteiger partial charge in [0.2, 0.25) is 5.91 Å². The minimum absolute atomic E-state index is 0.0718. The van der Waals surface area contributed by atoms with E-state index in [4.69, 9.17) is 5.73 Å². The Morgan fingerprint density at radius 3 is 2.81 bits per heavy atom. The van der Waals surface area contributed by atoms with Crippen molar-refractivity contribution in [3.05, 3.63) is 29.6 Å². The smallest absolute Gasteiger partial charge is 0.253 e. The maximum Gasteiger partial charge on any atom is 0.253 e. The molecular formula is C15H20N4O2. The third kappa shape index (κ3) is 6.06. The molecule has 0 saturated heterocycles. The van der Waals surface area contributed by atoms with Crippen LogP contribution in [0.5, 0.6) is 0 Å². The van der Waals surface area contributed by atoms with Gasteiger partial charge in [-0.05, 0) is 12.0 Å². The van der Waals surface area contributed by atoms with Gasteiger partial charge in [0.25, 0.3) is 5.91 Å². The molecule has 1 aromatic rings. The Bertz CT molecular complexity index is 558. The van der Waals surface area contributed by atoms with Crippen LogP contribution in [0.3, 0.4) is 0 Å². The highest BCUT2D eigenvalue weighted by Crippen LogP contribution is 2.04. The van der Waals surface area contributed by atoms with E-state index in [-0.39, 0.29) is 24.9 Å². The summed E-state index contributed by atoms with van der Waals surface area (Å²) in [5, 5.41) is 5.29. The van der Waals surface area contributed by atoms with Gasteiger partial charge >= 0.3 is 0 Å². The second kappa shape index (κ2) is 8.72. The summed E-state index contributed by atoms with van der Waals surface area (Å²) < 4.78 is 0. The molecule has 0 aliphatic rings. The van der Waals surface area contributed by atoms with E-state index in [9.17, 15) is 9.59 Å². The normalized spacial score (nSPS) is 9.71. The van der Waals surface area contributed by atoms with Crippen molar-refractivity contribution in [3.8, 4) is 11.8 Å². The van der Waals surface area contributed by atoms with E-state index in [1.807, 2.05) is 13.8 Å². The van der Waals surface area contributed by atoms with Gasteiger partial charge < -0.3 is 16.4 Å². The lowest BCUT2D eigenvalue weighted by molar-refractivity contribution is -0.120. The molecule has 0 fully saturated rings. The fourth-order valence-corrected chi connectivity index (χ4v) is 1.47. The molecule has 4 N–H and O–H groups in total. The zero-order valence-electron chi connectivity index (χ0n) is 12.3. The first-order chi connectivity index (χ1) is 10.0. The summed E-state index contributed by atoms with van der Waals surface area (Å²) in [5.74, 6) is 5.24. The molecule has 0 aliphatic heterocycles. The van der Waals surface area contributed by atoms with Crippen molar-refractivity contribution in [2.75, 3.05) is 19.6 Å². The summed E-state index contributed by atoms with van der Waals surface area (Å²) in [4.78, 5) is 27.5. The van der Waals surface area contributed by atoms with E-state index in [1.165, 1.54) is 12.4 Å². The highest BCUT2D eigenvalue weighted by Gasteiger charge is 2.11. The number of rotatable bonds is 5. The first kappa shape index (κ1) is 16.7. The van der Waals surface area contributed by atoms with Gasteiger partial charge in [0, 0.05) is 18.9 Å². The lowest BCUT2D eigenvalue weighted by Gasteiger charge is -2.09. The molecule has 0 bridgehead atoms. The number of carbonyl (C=O) groups is 2. The third-order valence-electron chi connectivity index (χ3n) is 2.51. The maximum atomic E-state index is 12.1. The van der Waals surface area contributed by atoms with Gasteiger partial charge in [-0.2, -0.15) is 0 Å². The predicted molar refractivity (Wildman–Crippen MR) is 80.4 cm³/mol. The third-order valence-corrected chi connectivity index (χ3v) is 2.51. The summed E-state index contributed by atoms with van der Waals surface area (Å²) in [6.07, 6.45) is 3.00. The molecule has 1 heterocycles. The number of nitrogens with zero attached hydrogens (tertiary/aromatic N) is 1. The zero-order chi connectivity index (χ0) is 15.7. The van der Waals surface area contributed by atoms with Gasteiger partial charge in [-0.1, -0.05) is 25.7 Å². The van der Waals surface area contributed by atoms with Crippen molar-refractivity contribution in [2.24, 2.45) is 11.7 Å². The number of hydrogen-bond donors (Lipinski definition) is 3. The van der Waals surface area contributed by atoms with E-state index in [1.54, 1.807) is 6.07 Å². The number of nitrogens with two attached hydrogens (primary N) is 1. The van der Waals surface area contributed by atoms with Crippen LogP contribution in [0.1, 0.15) is 29.8 Å². The largest absolute Gasteiger partial charge is 0.354 e. The van der Waals surface area contributed by atoms with Crippen molar-refractivity contribution in [3.63, 3.8) is 0 Å². The Hall–Kier alpha value is -2.39. The molecule has 1 aromatic heterocycles. The molecular weight excluding hydrogens is 268 g/mol. The first-order valence-electron chi connectivity index (χ1n) is 6.72. The maximum absolute atomic E-state index is 12.1. The molecule has 1 rings (SSSR count). The number of pyridine rings is 1. The van der Waals surface area contributed by atoms with Crippen molar-refractivity contribution in [1.29, 1.82) is 0 Å². The average Bonchev–Trinajstić information content (AvgIpc) is 2.48. The molecule has 21 heavy (non-hydrogen) atoms. The Kier molecular flexibility index (Phi) is 6.92. The van der Waals surface area contributed by atoms with E-state index < -0.39 is 0 Å². The average molecular weight is 288 g/mol. The fraction of sp³-hybridized carbons (Fsp3) is 0.400. The fourth-order valence-electron chi connectivity index (χ4n) is 1.47. The summed E-state index contributed by atoms with van der Waals surface area (Å²) in [6.45, 7) is 4.71. The van der Waals surface area contributed by atoms with Crippen LogP contribution in [-0.4, -0.2) is 36.4 Å². The van der Waals surface area contributed by atoms with Gasteiger partial charge in [-0.25, -0.2) is 0 Å². The van der Waals surface area contributed by atoms with Crippen LogP contribution < -0.4 is 16.4 Å². The van der Waals surface area contributed by atoms with Gasteiger partial charge in [-0.15, -0.1) is 0 Å². The monoisotopic (exact) mass is 288 g/mol. The molecule has 0 aromatic carbocycles. The lowest BCUT2D eigenvalue weighted by atomic mass is 10.1. The Morgan fingerprint density at radius 2 is 2.14 bits per heavy atom. The van der Waals surface area contributed by atoms with E-state index in [0.29, 0.717) is 23.6 Å². The topological polar surface area (TPSA) is 97.1 Å². The van der Waals surface area contributed by atoms with Crippen molar-refractivity contribution in [2.45, 2.75) is 13.8 Å². The molecule has 6 heteroatoms. The predicted octanol–water partition coefficient (Wildman–Crippen LogP) is -0.106. The van der Waals surface area contributed by atoms with Gasteiger partial charge in [0.05, 0.1) is 24.2 Å². The Morgan fingerprint density at radius 1 is 1.38 bits per heavy atom. The number of hydrogen-bond acceptors (Lipinski definition) is 4. The number of nitrogens with one attached hydrogen (secondary N) is 2. The van der Waals surface area contributed by atoms with Gasteiger partial charge in [-0.3, -0.25) is 14.6 Å². The second-order valence-electron chi connectivity index (χ2n) is 4.81. The van der Waals surface area contributed by atoms with Gasteiger partial charge in [0.15, 0.2) is 0 Å². The number of aromatic nitrogens is 1. The SMILES string of the molecule is CC(C)CNC(=O)CNC(=O)c1ccncc1C#CCN. The van der Waals surface area contributed by atoms with Crippen molar-refractivity contribution in [1.82, 2.24) is 15.6 Å². The number of amides is 2. The summed E-state index contributed by atoms with van der Waals surface area (Å²) in [5.41, 5.74) is 6.18. The van der Waals surface area contributed by atoms with Crippen LogP contribution in [0.4, 0.5) is 0 Å². The van der Waals surface area contributed by atoms with Crippen LogP contribution in [0.25, 0.3) is 0 Å². The zero-order valence-corrected chi connectivity index (χ0v) is 12.3. The first-order valence-corrected chi connectivity index (χ1v) is 6.72. The van der Waals surface area contributed by atoms with Gasteiger partial charge in [0.1, 0.15) is 0 Å². The van der Waals surface area contributed by atoms with Crippen LogP contribution >= 0.6 is 0 Å². The van der Waals surface area contributed by atoms with Crippen LogP contribution in [0, 0.1) is 17.8 Å². The van der Waals surface area contributed by atoms with Crippen LogP contribution in [0.15, 0.2) is 18.5 Å². The van der Waals surface area contributed by atoms with E-state index in [0.717, 1.165) is 0 Å². The molecule has 112 valence electrons. The molecule has 0 spiro atoms. The molecule has 0 unspecified atom stereocenters. The summed E-state index contributed by atoms with van der Waals surface area (Å²) >= 11 is 0. The highest BCUT2D eigenvalue weighted by molar-refractivity contribution is 5.98. The molecule has 0 atom stereocenters. The minimum atomic E-state index is -0.363. The highest BCUT2D eigenvalue weighted by atomic mass is 16.2. The Labute approximate surface area is 124 Å². The van der Waals surface area contributed by atoms with Crippen LogP contribution in [0.2, 0.25) is 0 Å². The molecule has 2 amide bonds. The van der Waals surface area contributed by atoms with E-state index >= 15 is 0 Å². The minimum Gasteiger partial charge on any atom is -0.354 e. The Balaban J connectivity index is 2.62. The van der Waals surface area contributed by atoms with Crippen molar-refractivity contribution < 1.29 is 9.59 Å². The summed E-state index contributed by atoms with van der Waals surface area (Å²) in [7, 11) is 0. The number of carbonyl (C=O) groups excluding carboxylic acids is 2. The molecule has 0 aliphatic carbocycles.